The summed E-state index contributed by atoms with van der Waals surface area (Å²) >= 11 is 15.5. The Hall–Kier alpha value is -1.56. The summed E-state index contributed by atoms with van der Waals surface area (Å²) in [6.07, 6.45) is 2.46. The average Bonchev–Trinajstić information content (AvgIpc) is 2.88. The second-order valence-electron chi connectivity index (χ2n) is 4.91. The Morgan fingerprint density at radius 1 is 1.30 bits per heavy atom. The largest absolute Gasteiger partial charge is 0.319 e. The summed E-state index contributed by atoms with van der Waals surface area (Å²) in [6, 6.07) is 8.67. The van der Waals surface area contributed by atoms with Gasteiger partial charge in [-0.15, -0.1) is 0 Å². The molecule has 2 heterocycles. The first-order valence-corrected chi connectivity index (χ1v) is 8.47. The molecule has 0 bridgehead atoms. The zero-order valence-electron chi connectivity index (χ0n) is 12.1. The molecule has 1 amide bonds. The van der Waals surface area contributed by atoms with Crippen LogP contribution < -0.4 is 5.32 Å². The second-order valence-corrected chi connectivity index (χ2v) is 6.67. The molecule has 4 nitrogen and oxygen atoms in total. The van der Waals surface area contributed by atoms with Crippen LogP contribution >= 0.6 is 39.1 Å². The van der Waals surface area contributed by atoms with Crippen LogP contribution in [0, 0.1) is 0 Å². The molecule has 0 unspecified atom stereocenters. The molecule has 0 saturated carbocycles. The lowest BCUT2D eigenvalue weighted by atomic mass is 10.2. The Morgan fingerprint density at radius 2 is 2.09 bits per heavy atom. The highest BCUT2D eigenvalue weighted by Crippen LogP contribution is 2.26. The quantitative estimate of drug-likeness (QED) is 0.641. The molecule has 3 rings (SSSR count). The minimum atomic E-state index is -0.281. The summed E-state index contributed by atoms with van der Waals surface area (Å²) in [4.78, 5) is 17.3. The molecule has 0 saturated heterocycles. The molecule has 0 spiro atoms. The van der Waals surface area contributed by atoms with E-state index in [1.54, 1.807) is 22.6 Å². The predicted octanol–water partition coefficient (Wildman–Crippen LogP) is 5.22. The number of aryl methyl sites for hydroxylation is 1. The van der Waals surface area contributed by atoms with Gasteiger partial charge in [-0.3, -0.25) is 9.20 Å². The smallest absolute Gasteiger partial charge is 0.274 e. The summed E-state index contributed by atoms with van der Waals surface area (Å²) < 4.78 is 2.62. The molecule has 23 heavy (non-hydrogen) atoms. The van der Waals surface area contributed by atoms with Gasteiger partial charge in [-0.1, -0.05) is 30.1 Å². The number of carbonyl (C=O) groups is 1. The van der Waals surface area contributed by atoms with Crippen LogP contribution in [0.4, 0.5) is 5.69 Å². The van der Waals surface area contributed by atoms with E-state index in [0.29, 0.717) is 33.5 Å². The molecule has 2 aromatic heterocycles. The predicted molar refractivity (Wildman–Crippen MR) is 96.7 cm³/mol. The number of amides is 1. The molecule has 0 aliphatic carbocycles. The number of carbonyl (C=O) groups excluding carboxylic acids is 1. The maximum atomic E-state index is 12.8. The number of benzene rings is 1. The van der Waals surface area contributed by atoms with E-state index in [9.17, 15) is 4.79 Å². The first-order chi connectivity index (χ1) is 11.0. The molecule has 7 heteroatoms. The number of fused-ring (bicyclic) bond motifs is 1. The standard InChI is InChI=1S/C16H12BrCl2N3O/c1-2-12-15(22-8-9(17)3-6-14(22)20-12)16(23)21-13-7-10(18)4-5-11(13)19/h3-8H,2H2,1H3,(H,21,23). The van der Waals surface area contributed by atoms with E-state index in [4.69, 9.17) is 23.2 Å². The van der Waals surface area contributed by atoms with Gasteiger partial charge in [0.1, 0.15) is 11.3 Å². The van der Waals surface area contributed by atoms with Crippen molar-refractivity contribution < 1.29 is 4.79 Å². The fraction of sp³-hybridized carbons (Fsp3) is 0.125. The number of nitrogens with one attached hydrogen (secondary N) is 1. The Bertz CT molecular complexity index is 908. The van der Waals surface area contributed by atoms with E-state index in [1.165, 1.54) is 0 Å². The Labute approximate surface area is 151 Å². The van der Waals surface area contributed by atoms with Crippen molar-refractivity contribution in [2.75, 3.05) is 5.32 Å². The molecule has 3 aromatic rings. The number of hydrogen-bond donors (Lipinski definition) is 1. The fourth-order valence-electron chi connectivity index (χ4n) is 2.33. The summed E-state index contributed by atoms with van der Waals surface area (Å²) in [6.45, 7) is 1.96. The van der Waals surface area contributed by atoms with E-state index in [-0.39, 0.29) is 5.91 Å². The molecule has 0 fully saturated rings. The second kappa shape index (κ2) is 6.51. The van der Waals surface area contributed by atoms with Crippen molar-refractivity contribution in [1.82, 2.24) is 9.38 Å². The third-order valence-electron chi connectivity index (χ3n) is 3.38. The van der Waals surface area contributed by atoms with Crippen molar-refractivity contribution in [2.24, 2.45) is 0 Å². The van der Waals surface area contributed by atoms with Crippen LogP contribution in [-0.4, -0.2) is 15.3 Å². The summed E-state index contributed by atoms with van der Waals surface area (Å²) in [5.74, 6) is -0.281. The highest BCUT2D eigenvalue weighted by atomic mass is 79.9. The van der Waals surface area contributed by atoms with Crippen molar-refractivity contribution >= 4 is 56.4 Å². The lowest BCUT2D eigenvalue weighted by Gasteiger charge is -2.09. The maximum Gasteiger partial charge on any atom is 0.274 e. The van der Waals surface area contributed by atoms with Crippen molar-refractivity contribution in [3.63, 3.8) is 0 Å². The molecule has 0 radical (unpaired) electrons. The minimum Gasteiger partial charge on any atom is -0.319 e. The van der Waals surface area contributed by atoms with Gasteiger partial charge in [-0.2, -0.15) is 0 Å². The number of hydrogen-bond acceptors (Lipinski definition) is 2. The lowest BCUT2D eigenvalue weighted by Crippen LogP contribution is -2.16. The normalized spacial score (nSPS) is 11.0. The molecule has 0 aliphatic rings. The number of anilines is 1. The molecular formula is C16H12BrCl2N3O. The molecular weight excluding hydrogens is 401 g/mol. The van der Waals surface area contributed by atoms with Crippen LogP contribution in [0.3, 0.4) is 0 Å². The van der Waals surface area contributed by atoms with Gasteiger partial charge in [0.2, 0.25) is 0 Å². The van der Waals surface area contributed by atoms with Gasteiger partial charge in [-0.25, -0.2) is 4.98 Å². The number of aromatic nitrogens is 2. The number of nitrogens with zero attached hydrogens (tertiary/aromatic N) is 2. The summed E-state index contributed by atoms with van der Waals surface area (Å²) in [5.41, 5.74) is 2.39. The first kappa shape index (κ1) is 16.3. The van der Waals surface area contributed by atoms with Gasteiger partial charge >= 0.3 is 0 Å². The zero-order valence-corrected chi connectivity index (χ0v) is 15.2. The van der Waals surface area contributed by atoms with Gasteiger partial charge < -0.3 is 5.32 Å². The zero-order chi connectivity index (χ0) is 16.6. The van der Waals surface area contributed by atoms with Gasteiger partial charge in [0.15, 0.2) is 0 Å². The maximum absolute atomic E-state index is 12.8. The van der Waals surface area contributed by atoms with E-state index in [0.717, 1.165) is 10.2 Å². The monoisotopic (exact) mass is 411 g/mol. The highest BCUT2D eigenvalue weighted by molar-refractivity contribution is 9.10. The SMILES string of the molecule is CCc1nc2ccc(Br)cn2c1C(=O)Nc1cc(Cl)ccc1Cl. The summed E-state index contributed by atoms with van der Waals surface area (Å²) in [5, 5.41) is 3.74. The van der Waals surface area contributed by atoms with Gasteiger partial charge in [0, 0.05) is 15.7 Å². The third-order valence-corrected chi connectivity index (χ3v) is 4.41. The van der Waals surface area contributed by atoms with E-state index < -0.39 is 0 Å². The van der Waals surface area contributed by atoms with Crippen LogP contribution in [0.5, 0.6) is 0 Å². The van der Waals surface area contributed by atoms with Gasteiger partial charge in [0.25, 0.3) is 5.91 Å². The molecule has 0 aliphatic heterocycles. The van der Waals surface area contributed by atoms with Crippen molar-refractivity contribution in [3.8, 4) is 0 Å². The van der Waals surface area contributed by atoms with E-state index in [1.807, 2.05) is 25.3 Å². The molecule has 118 valence electrons. The van der Waals surface area contributed by atoms with E-state index >= 15 is 0 Å². The van der Waals surface area contributed by atoms with Crippen LogP contribution in [0.25, 0.3) is 5.65 Å². The Kier molecular flexibility index (Phi) is 4.62. The number of pyridine rings is 1. The number of imidazole rings is 1. The van der Waals surface area contributed by atoms with Crippen LogP contribution in [-0.2, 0) is 6.42 Å². The Balaban J connectivity index is 2.06. The molecule has 1 N–H and O–H groups in total. The Morgan fingerprint density at radius 3 is 2.83 bits per heavy atom. The molecule has 0 atom stereocenters. The van der Waals surface area contributed by atoms with Gasteiger partial charge in [0.05, 0.1) is 16.4 Å². The number of halogens is 3. The van der Waals surface area contributed by atoms with Crippen LogP contribution in [0.1, 0.15) is 23.1 Å². The minimum absolute atomic E-state index is 0.281. The first-order valence-electron chi connectivity index (χ1n) is 6.92. The van der Waals surface area contributed by atoms with Crippen molar-refractivity contribution in [3.05, 3.63) is 62.4 Å². The highest BCUT2D eigenvalue weighted by Gasteiger charge is 2.19. The van der Waals surface area contributed by atoms with Crippen LogP contribution in [0.2, 0.25) is 10.0 Å². The van der Waals surface area contributed by atoms with Gasteiger partial charge in [-0.05, 0) is 52.7 Å². The fourth-order valence-corrected chi connectivity index (χ4v) is 3.00. The van der Waals surface area contributed by atoms with Crippen molar-refractivity contribution in [1.29, 1.82) is 0 Å². The average molecular weight is 413 g/mol. The third kappa shape index (κ3) is 3.22. The van der Waals surface area contributed by atoms with E-state index in [2.05, 4.69) is 26.2 Å². The topological polar surface area (TPSA) is 46.4 Å². The summed E-state index contributed by atoms with van der Waals surface area (Å²) in [7, 11) is 0. The number of rotatable bonds is 3. The van der Waals surface area contributed by atoms with Crippen LogP contribution in [0.15, 0.2) is 41.0 Å². The molecule has 1 aromatic carbocycles. The lowest BCUT2D eigenvalue weighted by molar-refractivity contribution is 0.102. The van der Waals surface area contributed by atoms with Crippen molar-refractivity contribution in [2.45, 2.75) is 13.3 Å².